The molecule has 0 bridgehead atoms. The van der Waals surface area contributed by atoms with Crippen molar-refractivity contribution in [2.75, 3.05) is 0 Å². The molecular weight excluding hydrogens is 220 g/mol. The normalized spacial score (nSPS) is 26.9. The van der Waals surface area contributed by atoms with Gasteiger partial charge in [-0.1, -0.05) is 43.5 Å². The molecule has 0 spiro atoms. The van der Waals surface area contributed by atoms with Crippen molar-refractivity contribution < 1.29 is 5.11 Å². The molecule has 0 saturated heterocycles. The van der Waals surface area contributed by atoms with Crippen molar-refractivity contribution in [2.45, 2.75) is 38.7 Å². The maximum Gasteiger partial charge on any atom is 0.0818 e. The van der Waals surface area contributed by atoms with Gasteiger partial charge < -0.3 is 5.11 Å². The molecule has 3 atom stereocenters. The zero-order chi connectivity index (χ0) is 11.5. The second-order valence-corrected chi connectivity index (χ2v) is 5.28. The molecule has 1 N–H and O–H groups in total. The predicted molar refractivity (Wildman–Crippen MR) is 67.5 cm³/mol. The highest BCUT2D eigenvalue weighted by Gasteiger charge is 2.29. The van der Waals surface area contributed by atoms with E-state index in [2.05, 4.69) is 6.92 Å². The van der Waals surface area contributed by atoms with Crippen molar-refractivity contribution in [2.24, 2.45) is 11.8 Å². The van der Waals surface area contributed by atoms with E-state index >= 15 is 0 Å². The van der Waals surface area contributed by atoms with Crippen LogP contribution in [-0.4, -0.2) is 5.11 Å². The summed E-state index contributed by atoms with van der Waals surface area (Å²) in [5.74, 6) is 1.25. The van der Waals surface area contributed by atoms with Crippen molar-refractivity contribution in [3.05, 3.63) is 34.9 Å². The number of benzene rings is 1. The third kappa shape index (κ3) is 2.58. The van der Waals surface area contributed by atoms with Gasteiger partial charge in [-0.15, -0.1) is 0 Å². The van der Waals surface area contributed by atoms with Gasteiger partial charge in [0.25, 0.3) is 0 Å². The minimum Gasteiger partial charge on any atom is -0.388 e. The number of hydrogen-bond acceptors (Lipinski definition) is 1. The Kier molecular flexibility index (Phi) is 3.88. The SMILES string of the molecule is CCC1CCC(C(O)c2ccc(Cl)cc2)C1. The molecule has 1 saturated carbocycles. The van der Waals surface area contributed by atoms with Crippen LogP contribution in [0.5, 0.6) is 0 Å². The van der Waals surface area contributed by atoms with E-state index in [1.54, 1.807) is 0 Å². The summed E-state index contributed by atoms with van der Waals surface area (Å²) in [5, 5.41) is 11.0. The second kappa shape index (κ2) is 5.20. The number of halogens is 1. The van der Waals surface area contributed by atoms with E-state index in [4.69, 9.17) is 11.6 Å². The standard InChI is InChI=1S/C14H19ClO/c1-2-10-3-4-12(9-10)14(16)11-5-7-13(15)8-6-11/h5-8,10,12,14,16H,2-4,9H2,1H3. The average Bonchev–Trinajstić information content (AvgIpc) is 2.77. The summed E-state index contributed by atoms with van der Waals surface area (Å²) in [4.78, 5) is 0. The Labute approximate surface area is 102 Å². The molecule has 0 radical (unpaired) electrons. The van der Waals surface area contributed by atoms with Crippen LogP contribution >= 0.6 is 11.6 Å². The van der Waals surface area contributed by atoms with E-state index in [-0.39, 0.29) is 6.10 Å². The molecule has 2 rings (SSSR count). The van der Waals surface area contributed by atoms with Crippen molar-refractivity contribution in [1.29, 1.82) is 0 Å². The lowest BCUT2D eigenvalue weighted by Gasteiger charge is -2.18. The van der Waals surface area contributed by atoms with E-state index in [0.717, 1.165) is 22.9 Å². The third-order valence-corrected chi connectivity index (χ3v) is 4.07. The van der Waals surface area contributed by atoms with E-state index < -0.39 is 0 Å². The van der Waals surface area contributed by atoms with Gasteiger partial charge in [-0.25, -0.2) is 0 Å². The number of hydrogen-bond donors (Lipinski definition) is 1. The van der Waals surface area contributed by atoms with Crippen LogP contribution in [0.2, 0.25) is 5.02 Å². The zero-order valence-corrected chi connectivity index (χ0v) is 10.5. The number of aliphatic hydroxyl groups excluding tert-OH is 1. The first-order valence-electron chi connectivity index (χ1n) is 6.14. The van der Waals surface area contributed by atoms with Crippen LogP contribution in [0.25, 0.3) is 0 Å². The van der Waals surface area contributed by atoms with Crippen LogP contribution in [0.15, 0.2) is 24.3 Å². The van der Waals surface area contributed by atoms with Crippen LogP contribution in [-0.2, 0) is 0 Å². The summed E-state index contributed by atoms with van der Waals surface area (Å²) in [7, 11) is 0. The summed E-state index contributed by atoms with van der Waals surface area (Å²) < 4.78 is 0. The highest BCUT2D eigenvalue weighted by molar-refractivity contribution is 6.30. The number of aliphatic hydroxyl groups is 1. The Morgan fingerprint density at radius 1 is 1.31 bits per heavy atom. The van der Waals surface area contributed by atoms with E-state index in [1.807, 2.05) is 24.3 Å². The Hall–Kier alpha value is -0.530. The topological polar surface area (TPSA) is 20.2 Å². The van der Waals surface area contributed by atoms with Gasteiger partial charge in [-0.05, 0) is 42.4 Å². The largest absolute Gasteiger partial charge is 0.388 e. The van der Waals surface area contributed by atoms with Gasteiger partial charge >= 0.3 is 0 Å². The monoisotopic (exact) mass is 238 g/mol. The van der Waals surface area contributed by atoms with E-state index in [9.17, 15) is 5.11 Å². The number of rotatable bonds is 3. The maximum atomic E-state index is 10.3. The van der Waals surface area contributed by atoms with Crippen LogP contribution in [0.4, 0.5) is 0 Å². The molecule has 88 valence electrons. The molecule has 1 aromatic carbocycles. The first-order chi connectivity index (χ1) is 7.70. The van der Waals surface area contributed by atoms with Gasteiger partial charge in [0.15, 0.2) is 0 Å². The summed E-state index contributed by atoms with van der Waals surface area (Å²) >= 11 is 5.84. The van der Waals surface area contributed by atoms with Gasteiger partial charge in [0.1, 0.15) is 0 Å². The lowest BCUT2D eigenvalue weighted by Crippen LogP contribution is -2.09. The summed E-state index contributed by atoms with van der Waals surface area (Å²) in [6, 6.07) is 7.58. The van der Waals surface area contributed by atoms with Crippen LogP contribution < -0.4 is 0 Å². The fraction of sp³-hybridized carbons (Fsp3) is 0.571. The van der Waals surface area contributed by atoms with Gasteiger partial charge in [-0.3, -0.25) is 0 Å². The van der Waals surface area contributed by atoms with Crippen LogP contribution in [0.1, 0.15) is 44.3 Å². The first kappa shape index (κ1) is 11.9. The molecule has 1 fully saturated rings. The fourth-order valence-electron chi connectivity index (χ4n) is 2.70. The highest BCUT2D eigenvalue weighted by Crippen LogP contribution is 2.40. The minimum atomic E-state index is -0.311. The van der Waals surface area contributed by atoms with Gasteiger partial charge in [-0.2, -0.15) is 0 Å². The van der Waals surface area contributed by atoms with Gasteiger partial charge in [0.2, 0.25) is 0 Å². The first-order valence-corrected chi connectivity index (χ1v) is 6.52. The Balaban J connectivity index is 2.02. The summed E-state index contributed by atoms with van der Waals surface area (Å²) in [5.41, 5.74) is 1.01. The molecule has 1 aliphatic carbocycles. The van der Waals surface area contributed by atoms with Crippen molar-refractivity contribution >= 4 is 11.6 Å². The molecule has 0 aliphatic heterocycles. The molecule has 1 nitrogen and oxygen atoms in total. The molecular formula is C14H19ClO. The van der Waals surface area contributed by atoms with E-state index in [0.29, 0.717) is 5.92 Å². The zero-order valence-electron chi connectivity index (χ0n) is 9.70. The molecule has 16 heavy (non-hydrogen) atoms. The lowest BCUT2D eigenvalue weighted by atomic mass is 9.93. The Morgan fingerprint density at radius 3 is 2.56 bits per heavy atom. The van der Waals surface area contributed by atoms with Gasteiger partial charge in [0, 0.05) is 5.02 Å². The molecule has 3 unspecified atom stereocenters. The maximum absolute atomic E-state index is 10.3. The minimum absolute atomic E-state index is 0.311. The van der Waals surface area contributed by atoms with Crippen LogP contribution in [0.3, 0.4) is 0 Å². The quantitative estimate of drug-likeness (QED) is 0.837. The highest BCUT2D eigenvalue weighted by atomic mass is 35.5. The Morgan fingerprint density at radius 2 is 2.00 bits per heavy atom. The summed E-state index contributed by atoms with van der Waals surface area (Å²) in [6.07, 6.45) is 4.52. The van der Waals surface area contributed by atoms with Crippen molar-refractivity contribution in [3.63, 3.8) is 0 Å². The molecule has 2 heteroatoms. The molecule has 1 aliphatic rings. The average molecular weight is 239 g/mol. The molecule has 0 amide bonds. The predicted octanol–water partition coefficient (Wildman–Crippen LogP) is 4.20. The fourth-order valence-corrected chi connectivity index (χ4v) is 2.83. The Bertz CT molecular complexity index is 333. The van der Waals surface area contributed by atoms with Crippen molar-refractivity contribution in [3.8, 4) is 0 Å². The molecule has 1 aromatic rings. The summed E-state index contributed by atoms with van der Waals surface area (Å²) in [6.45, 7) is 2.24. The van der Waals surface area contributed by atoms with Crippen LogP contribution in [0, 0.1) is 11.8 Å². The van der Waals surface area contributed by atoms with Gasteiger partial charge in [0.05, 0.1) is 6.10 Å². The smallest absolute Gasteiger partial charge is 0.0818 e. The molecule has 0 aromatic heterocycles. The second-order valence-electron chi connectivity index (χ2n) is 4.84. The third-order valence-electron chi connectivity index (χ3n) is 3.82. The van der Waals surface area contributed by atoms with Crippen molar-refractivity contribution in [1.82, 2.24) is 0 Å². The molecule has 0 heterocycles. The van der Waals surface area contributed by atoms with E-state index in [1.165, 1.54) is 19.3 Å². The lowest BCUT2D eigenvalue weighted by molar-refractivity contribution is 0.109.